The van der Waals surface area contributed by atoms with Gasteiger partial charge in [-0.3, -0.25) is 19.8 Å². The number of nitro benzene ring substituents is 1. The zero-order valence-electron chi connectivity index (χ0n) is 33.4. The number of halogens is 1. The minimum absolute atomic E-state index is 0.109. The fourth-order valence-electron chi connectivity index (χ4n) is 7.84. The van der Waals surface area contributed by atoms with Crippen molar-refractivity contribution in [3.05, 3.63) is 148 Å². The van der Waals surface area contributed by atoms with Gasteiger partial charge < -0.3 is 15.0 Å². The number of morpholine rings is 1. The van der Waals surface area contributed by atoms with Crippen molar-refractivity contribution < 1.29 is 22.9 Å². The minimum atomic E-state index is -4.43. The highest BCUT2D eigenvalue weighted by Gasteiger charge is 2.26. The third-order valence-corrected chi connectivity index (χ3v) is 13.9. The fraction of sp³-hybridized carbons (Fsp3) is 0.326. The number of nitro groups is 1. The molecule has 11 nitrogen and oxygen atoms in total. The predicted molar refractivity (Wildman–Crippen MR) is 241 cm³/mol. The van der Waals surface area contributed by atoms with Gasteiger partial charge in [0.05, 0.1) is 23.0 Å². The molecule has 1 atom stereocenters. The Morgan fingerprint density at radius 1 is 0.867 bits per heavy atom. The van der Waals surface area contributed by atoms with Gasteiger partial charge >= 0.3 is 0 Å². The molecular weight excluding hydrogens is 818 g/mol. The van der Waals surface area contributed by atoms with Crippen molar-refractivity contribution in [2.24, 2.45) is 5.92 Å². The number of thioether (sulfide) groups is 1. The molecule has 0 unspecified atom stereocenters. The molecule has 0 aromatic heterocycles. The van der Waals surface area contributed by atoms with Crippen LogP contribution in [0, 0.1) is 16.0 Å². The Morgan fingerprint density at radius 2 is 1.57 bits per heavy atom. The summed E-state index contributed by atoms with van der Waals surface area (Å²) in [7, 11) is -4.43. The van der Waals surface area contributed by atoms with E-state index in [0.717, 1.165) is 97.8 Å². The first kappa shape index (κ1) is 43.2. The van der Waals surface area contributed by atoms with Crippen LogP contribution in [0.5, 0.6) is 0 Å². The monoisotopic (exact) mass is 867 g/mol. The quantitative estimate of drug-likeness (QED) is 0.0530. The molecule has 314 valence electrons. The number of hydrogen-bond donors (Lipinski definition) is 2. The largest absolute Gasteiger partial charge is 0.379 e. The van der Waals surface area contributed by atoms with Gasteiger partial charge in [-0.2, -0.15) is 0 Å². The first-order valence-corrected chi connectivity index (χ1v) is 23.2. The number of hydrogen-bond acceptors (Lipinski definition) is 10. The van der Waals surface area contributed by atoms with Crippen LogP contribution in [0.15, 0.2) is 131 Å². The molecule has 2 aliphatic heterocycles. The molecule has 0 spiro atoms. The number of anilines is 2. The van der Waals surface area contributed by atoms with Crippen LogP contribution >= 0.6 is 23.4 Å². The van der Waals surface area contributed by atoms with Gasteiger partial charge in [-0.25, -0.2) is 13.1 Å². The minimum Gasteiger partial charge on any atom is -0.379 e. The van der Waals surface area contributed by atoms with Gasteiger partial charge in [0, 0.05) is 66.0 Å². The van der Waals surface area contributed by atoms with Crippen LogP contribution in [0.1, 0.15) is 41.6 Å². The van der Waals surface area contributed by atoms with Crippen molar-refractivity contribution in [3.8, 4) is 11.1 Å². The molecule has 5 aromatic rings. The molecule has 2 saturated heterocycles. The zero-order chi connectivity index (χ0) is 41.9. The fourth-order valence-corrected chi connectivity index (χ4v) is 9.95. The lowest BCUT2D eigenvalue weighted by molar-refractivity contribution is -0.384. The summed E-state index contributed by atoms with van der Waals surface area (Å²) in [6, 6.07) is 37.0. The lowest BCUT2D eigenvalue weighted by atomic mass is 9.87. The first-order valence-electron chi connectivity index (χ1n) is 20.4. The van der Waals surface area contributed by atoms with E-state index in [1.165, 1.54) is 23.3 Å². The Labute approximate surface area is 361 Å². The molecule has 1 amide bonds. The standard InChI is InChI=1S/C46H50ClN5O6S2/c47-38-14-10-35(11-15-38)43-9-5-4-6-37(43)32-34-20-25-51(26-21-34)40-16-12-36(13-17-40)46(53)49-60(56,57)42-18-19-44(45(33-42)52(54)55)48-39(22-24-50-27-29-58-30-28-50)23-31-59-41-7-2-1-3-8-41/h1-19,33-34,39,48H,20-32H2,(H,49,53)/t39-/m1/s1. The summed E-state index contributed by atoms with van der Waals surface area (Å²) in [5, 5.41) is 16.4. The highest BCUT2D eigenvalue weighted by Crippen LogP contribution is 2.33. The second kappa shape index (κ2) is 20.6. The van der Waals surface area contributed by atoms with Crippen molar-refractivity contribution in [2.45, 2.75) is 47.9 Å². The maximum Gasteiger partial charge on any atom is 0.293 e. The zero-order valence-corrected chi connectivity index (χ0v) is 35.8. The summed E-state index contributed by atoms with van der Waals surface area (Å²) in [5.74, 6) is 0.498. The van der Waals surface area contributed by atoms with E-state index in [1.54, 1.807) is 23.9 Å². The molecule has 14 heteroatoms. The Bertz CT molecular complexity index is 2320. The molecule has 0 bridgehead atoms. The summed E-state index contributed by atoms with van der Waals surface area (Å²) in [5.41, 5.74) is 4.67. The van der Waals surface area contributed by atoms with Gasteiger partial charge in [-0.1, -0.05) is 66.2 Å². The van der Waals surface area contributed by atoms with Crippen molar-refractivity contribution in [2.75, 3.05) is 61.9 Å². The topological polar surface area (TPSA) is 134 Å². The maximum atomic E-state index is 13.5. The number of rotatable bonds is 17. The van der Waals surface area contributed by atoms with Crippen LogP contribution in [0.2, 0.25) is 5.02 Å². The predicted octanol–water partition coefficient (Wildman–Crippen LogP) is 9.18. The highest BCUT2D eigenvalue weighted by molar-refractivity contribution is 7.99. The third kappa shape index (κ3) is 11.7. The number of carbonyl (C=O) groups excluding carboxylic acids is 1. The van der Waals surface area contributed by atoms with Gasteiger partial charge in [-0.05, 0) is 121 Å². The van der Waals surface area contributed by atoms with Crippen molar-refractivity contribution in [1.29, 1.82) is 0 Å². The highest BCUT2D eigenvalue weighted by atomic mass is 35.5. The van der Waals surface area contributed by atoms with E-state index in [0.29, 0.717) is 19.1 Å². The normalized spacial score (nSPS) is 15.7. The molecule has 0 saturated carbocycles. The van der Waals surface area contributed by atoms with Gasteiger partial charge in [-0.15, -0.1) is 11.8 Å². The van der Waals surface area contributed by atoms with E-state index >= 15 is 0 Å². The molecule has 2 fully saturated rings. The summed E-state index contributed by atoms with van der Waals surface area (Å²) in [4.78, 5) is 30.3. The smallest absolute Gasteiger partial charge is 0.293 e. The molecule has 2 N–H and O–H groups in total. The molecule has 5 aromatic carbocycles. The molecule has 2 heterocycles. The van der Waals surface area contributed by atoms with Crippen LogP contribution < -0.4 is 14.9 Å². The van der Waals surface area contributed by atoms with Gasteiger partial charge in [0.15, 0.2) is 0 Å². The van der Waals surface area contributed by atoms with E-state index in [4.69, 9.17) is 16.3 Å². The Kier molecular flexibility index (Phi) is 14.8. The maximum absolute atomic E-state index is 13.5. The number of amides is 1. The molecule has 0 radical (unpaired) electrons. The van der Waals surface area contributed by atoms with Gasteiger partial charge in [0.1, 0.15) is 5.69 Å². The Morgan fingerprint density at radius 3 is 2.28 bits per heavy atom. The second-order valence-electron chi connectivity index (χ2n) is 15.3. The van der Waals surface area contributed by atoms with Crippen molar-refractivity contribution in [3.63, 3.8) is 0 Å². The number of carbonyl (C=O) groups is 1. The van der Waals surface area contributed by atoms with Crippen LogP contribution in [-0.2, 0) is 21.2 Å². The van der Waals surface area contributed by atoms with E-state index in [9.17, 15) is 23.3 Å². The number of nitrogens with one attached hydrogen (secondary N) is 2. The number of nitrogens with zero attached hydrogens (tertiary/aromatic N) is 3. The molecular formula is C46H50ClN5O6S2. The lowest BCUT2D eigenvalue weighted by Gasteiger charge is -2.34. The van der Waals surface area contributed by atoms with Crippen LogP contribution in [0.4, 0.5) is 17.1 Å². The lowest BCUT2D eigenvalue weighted by Crippen LogP contribution is -2.38. The summed E-state index contributed by atoms with van der Waals surface area (Å²) in [6.45, 7) is 5.53. The van der Waals surface area contributed by atoms with Crippen molar-refractivity contribution in [1.82, 2.24) is 9.62 Å². The Balaban J connectivity index is 0.952. The van der Waals surface area contributed by atoms with Gasteiger partial charge in [0.25, 0.3) is 21.6 Å². The molecule has 60 heavy (non-hydrogen) atoms. The van der Waals surface area contributed by atoms with E-state index < -0.39 is 20.9 Å². The number of piperidine rings is 1. The summed E-state index contributed by atoms with van der Waals surface area (Å²) in [6.07, 6.45) is 4.47. The van der Waals surface area contributed by atoms with Crippen LogP contribution in [0.3, 0.4) is 0 Å². The van der Waals surface area contributed by atoms with Crippen molar-refractivity contribution >= 4 is 56.4 Å². The molecule has 7 rings (SSSR count). The average Bonchev–Trinajstić information content (AvgIpc) is 3.27. The van der Waals surface area contributed by atoms with E-state index in [2.05, 4.69) is 68.4 Å². The molecule has 0 aliphatic carbocycles. The number of sulfonamides is 1. The third-order valence-electron chi connectivity index (χ3n) is 11.2. The summed E-state index contributed by atoms with van der Waals surface area (Å²) < 4.78 is 34.5. The first-order chi connectivity index (χ1) is 29.1. The average molecular weight is 869 g/mol. The number of ether oxygens (including phenoxy) is 1. The molecule has 2 aliphatic rings. The van der Waals surface area contributed by atoms with Gasteiger partial charge in [0.2, 0.25) is 0 Å². The second-order valence-corrected chi connectivity index (χ2v) is 18.5. The summed E-state index contributed by atoms with van der Waals surface area (Å²) >= 11 is 7.85. The van der Waals surface area contributed by atoms with Crippen LogP contribution in [-0.4, -0.2) is 81.9 Å². The van der Waals surface area contributed by atoms with Crippen LogP contribution in [0.25, 0.3) is 11.1 Å². The van der Waals surface area contributed by atoms with E-state index in [1.807, 2.05) is 42.5 Å². The SMILES string of the molecule is O=C(NS(=O)(=O)c1ccc(N[C@@H](CCSc2ccccc2)CCN2CCOCC2)c([N+](=O)[O-])c1)c1ccc(N2CCC(Cc3ccccc3-c3ccc(Cl)cc3)CC2)cc1. The van der Waals surface area contributed by atoms with E-state index in [-0.39, 0.29) is 27.9 Å². The number of benzene rings is 5. The Hall–Kier alpha value is -4.92.